The zero-order chi connectivity index (χ0) is 22.9. The molecule has 0 bridgehead atoms. The van der Waals surface area contributed by atoms with Gasteiger partial charge in [0, 0.05) is 37.3 Å². The first-order valence-corrected chi connectivity index (χ1v) is 11.2. The number of carbonyl (C=O) groups is 1. The van der Waals surface area contributed by atoms with E-state index in [1.807, 2.05) is 6.08 Å². The number of anilines is 1. The van der Waals surface area contributed by atoms with Crippen LogP contribution in [0.15, 0.2) is 29.2 Å². The standard InChI is InChI=1S/C24H27F2N3O3/c1-11(2)13-5-6-19(27)16-9-28(8-15(13)16)22-18(25)7-14-21(20(22)26)29(12-3-4-12)10-17(23(14)30)24(31)32/h5-7,10-13,15-16,19H,3-4,8-9,27H2,1-2H3,(H,31,32). The Hall–Kier alpha value is -2.74. The molecule has 0 spiro atoms. The predicted molar refractivity (Wildman–Crippen MR) is 118 cm³/mol. The third-order valence-electron chi connectivity index (χ3n) is 7.40. The zero-order valence-electron chi connectivity index (χ0n) is 18.1. The first-order chi connectivity index (χ1) is 15.2. The van der Waals surface area contributed by atoms with Gasteiger partial charge in [-0.3, -0.25) is 4.79 Å². The summed E-state index contributed by atoms with van der Waals surface area (Å²) in [6, 6.07) is 0.740. The number of carboxylic acid groups (broad SMARTS) is 1. The number of hydrogen-bond donors (Lipinski definition) is 2. The Morgan fingerprint density at radius 3 is 2.50 bits per heavy atom. The lowest BCUT2D eigenvalue weighted by Crippen LogP contribution is -2.40. The lowest BCUT2D eigenvalue weighted by atomic mass is 9.71. The fourth-order valence-corrected chi connectivity index (χ4v) is 5.62. The van der Waals surface area contributed by atoms with Gasteiger partial charge < -0.3 is 20.3 Å². The van der Waals surface area contributed by atoms with E-state index in [9.17, 15) is 14.7 Å². The van der Waals surface area contributed by atoms with E-state index in [1.165, 1.54) is 10.8 Å². The van der Waals surface area contributed by atoms with Gasteiger partial charge in [-0.05, 0) is 36.7 Å². The molecule has 5 rings (SSSR count). The summed E-state index contributed by atoms with van der Waals surface area (Å²) in [6.07, 6.45) is 6.85. The average molecular weight is 443 g/mol. The Kier molecular flexibility index (Phi) is 4.89. The molecular formula is C24H27F2N3O3. The van der Waals surface area contributed by atoms with Crippen molar-refractivity contribution in [3.8, 4) is 0 Å². The minimum Gasteiger partial charge on any atom is -0.477 e. The second kappa shape index (κ2) is 7.40. The van der Waals surface area contributed by atoms with E-state index in [2.05, 4.69) is 19.9 Å². The average Bonchev–Trinajstić information content (AvgIpc) is 3.47. The first kappa shape index (κ1) is 21.1. The van der Waals surface area contributed by atoms with E-state index in [4.69, 9.17) is 5.73 Å². The van der Waals surface area contributed by atoms with Gasteiger partial charge in [-0.25, -0.2) is 13.6 Å². The van der Waals surface area contributed by atoms with Gasteiger partial charge in [-0.1, -0.05) is 26.0 Å². The van der Waals surface area contributed by atoms with Gasteiger partial charge in [0.05, 0.1) is 10.9 Å². The topological polar surface area (TPSA) is 88.6 Å². The lowest BCUT2D eigenvalue weighted by molar-refractivity contribution is 0.0694. The Morgan fingerprint density at radius 2 is 1.88 bits per heavy atom. The number of hydrogen-bond acceptors (Lipinski definition) is 4. The highest BCUT2D eigenvalue weighted by molar-refractivity contribution is 5.94. The van der Waals surface area contributed by atoms with Crippen LogP contribution < -0.4 is 16.1 Å². The van der Waals surface area contributed by atoms with Crippen LogP contribution in [-0.2, 0) is 0 Å². The SMILES string of the molecule is CC(C)C1C=CC(N)C2CN(c3c(F)cc4c(=O)c(C(=O)O)cn(C5CC5)c4c3F)CC12. The van der Waals surface area contributed by atoms with Crippen LogP contribution >= 0.6 is 0 Å². The highest BCUT2D eigenvalue weighted by Crippen LogP contribution is 2.44. The maximum atomic E-state index is 15.9. The van der Waals surface area contributed by atoms with E-state index in [-0.39, 0.29) is 46.4 Å². The van der Waals surface area contributed by atoms with Crippen molar-refractivity contribution in [2.24, 2.45) is 29.4 Å². The van der Waals surface area contributed by atoms with Crippen LogP contribution in [0.25, 0.3) is 10.9 Å². The number of benzene rings is 1. The summed E-state index contributed by atoms with van der Waals surface area (Å²) in [6.45, 7) is 5.18. The molecule has 3 aliphatic rings. The monoisotopic (exact) mass is 443 g/mol. The third-order valence-corrected chi connectivity index (χ3v) is 7.40. The van der Waals surface area contributed by atoms with Crippen LogP contribution in [0.2, 0.25) is 0 Å². The van der Waals surface area contributed by atoms with Gasteiger partial charge >= 0.3 is 5.97 Å². The molecule has 1 saturated heterocycles. The number of aromatic carboxylic acids is 1. The van der Waals surface area contributed by atoms with Crippen LogP contribution in [0.1, 0.15) is 43.1 Å². The molecule has 6 nitrogen and oxygen atoms in total. The molecule has 3 N–H and O–H groups in total. The van der Waals surface area contributed by atoms with Crippen molar-refractivity contribution in [3.05, 3.63) is 51.8 Å². The van der Waals surface area contributed by atoms with E-state index < -0.39 is 28.6 Å². The summed E-state index contributed by atoms with van der Waals surface area (Å²) in [7, 11) is 0. The summed E-state index contributed by atoms with van der Waals surface area (Å²) in [5.41, 5.74) is 4.81. The smallest absolute Gasteiger partial charge is 0.341 e. The first-order valence-electron chi connectivity index (χ1n) is 11.2. The van der Waals surface area contributed by atoms with Crippen LogP contribution in [0.4, 0.5) is 14.5 Å². The summed E-state index contributed by atoms with van der Waals surface area (Å²) < 4.78 is 32.7. The number of nitrogens with zero attached hydrogens (tertiary/aromatic N) is 2. The Morgan fingerprint density at radius 1 is 1.19 bits per heavy atom. The van der Waals surface area contributed by atoms with Crippen molar-refractivity contribution in [1.82, 2.24) is 4.57 Å². The molecule has 8 heteroatoms. The zero-order valence-corrected chi connectivity index (χ0v) is 18.1. The predicted octanol–water partition coefficient (Wildman–Crippen LogP) is 3.53. The second-order valence-corrected chi connectivity index (χ2v) is 9.75. The maximum absolute atomic E-state index is 15.9. The van der Waals surface area contributed by atoms with Gasteiger partial charge in [0.25, 0.3) is 0 Å². The fourth-order valence-electron chi connectivity index (χ4n) is 5.62. The van der Waals surface area contributed by atoms with Crippen LogP contribution in [-0.4, -0.2) is 34.8 Å². The molecule has 0 radical (unpaired) electrons. The Balaban J connectivity index is 1.65. The number of rotatable bonds is 4. The molecular weight excluding hydrogens is 416 g/mol. The number of carboxylic acids is 1. The minimum absolute atomic E-state index is 0.0170. The molecule has 2 heterocycles. The van der Waals surface area contributed by atoms with E-state index in [0.717, 1.165) is 18.9 Å². The Bertz CT molecular complexity index is 1200. The van der Waals surface area contributed by atoms with Gasteiger partial charge in [-0.15, -0.1) is 0 Å². The molecule has 32 heavy (non-hydrogen) atoms. The fraction of sp³-hybridized carbons (Fsp3) is 0.500. The summed E-state index contributed by atoms with van der Waals surface area (Å²) in [5.74, 6) is -2.13. The second-order valence-electron chi connectivity index (χ2n) is 9.75. The molecule has 4 unspecified atom stereocenters. The van der Waals surface area contributed by atoms with Crippen molar-refractivity contribution in [2.75, 3.05) is 18.0 Å². The number of pyridine rings is 1. The van der Waals surface area contributed by atoms with Crippen LogP contribution in [0.3, 0.4) is 0 Å². The largest absolute Gasteiger partial charge is 0.477 e. The van der Waals surface area contributed by atoms with E-state index >= 15 is 8.78 Å². The van der Waals surface area contributed by atoms with Crippen molar-refractivity contribution in [2.45, 2.75) is 38.8 Å². The number of allylic oxidation sites excluding steroid dienone is 1. The molecule has 170 valence electrons. The van der Waals surface area contributed by atoms with Crippen molar-refractivity contribution in [1.29, 1.82) is 0 Å². The minimum atomic E-state index is -1.40. The highest BCUT2D eigenvalue weighted by Gasteiger charge is 2.44. The normalized spacial score (nSPS) is 27.4. The van der Waals surface area contributed by atoms with Crippen molar-refractivity contribution >= 4 is 22.6 Å². The van der Waals surface area contributed by atoms with Crippen molar-refractivity contribution in [3.63, 3.8) is 0 Å². The molecule has 0 amide bonds. The molecule has 2 aromatic rings. The number of aromatic nitrogens is 1. The van der Waals surface area contributed by atoms with E-state index in [0.29, 0.717) is 19.0 Å². The molecule has 4 atom stereocenters. The molecule has 1 aromatic heterocycles. The summed E-state index contributed by atoms with van der Waals surface area (Å²) >= 11 is 0. The molecule has 1 saturated carbocycles. The molecule has 2 aliphatic carbocycles. The lowest BCUT2D eigenvalue weighted by Gasteiger charge is -2.34. The number of halogens is 2. The third kappa shape index (κ3) is 3.15. The highest BCUT2D eigenvalue weighted by atomic mass is 19.1. The quantitative estimate of drug-likeness (QED) is 0.706. The van der Waals surface area contributed by atoms with Crippen molar-refractivity contribution < 1.29 is 18.7 Å². The van der Waals surface area contributed by atoms with Gasteiger partial charge in [0.2, 0.25) is 5.43 Å². The molecule has 2 fully saturated rings. The maximum Gasteiger partial charge on any atom is 0.341 e. The molecule has 1 aromatic carbocycles. The molecule has 1 aliphatic heterocycles. The van der Waals surface area contributed by atoms with Gasteiger partial charge in [0.1, 0.15) is 17.1 Å². The van der Waals surface area contributed by atoms with Crippen LogP contribution in [0, 0.1) is 35.3 Å². The summed E-state index contributed by atoms with van der Waals surface area (Å²) in [4.78, 5) is 26.0. The number of fused-ring (bicyclic) bond motifs is 2. The summed E-state index contributed by atoms with van der Waals surface area (Å²) in [5, 5.41) is 9.17. The Labute approximate surface area is 184 Å². The van der Waals surface area contributed by atoms with Gasteiger partial charge in [0.15, 0.2) is 5.82 Å². The van der Waals surface area contributed by atoms with Gasteiger partial charge in [-0.2, -0.15) is 0 Å². The van der Waals surface area contributed by atoms with Crippen LogP contribution in [0.5, 0.6) is 0 Å². The number of nitrogens with two attached hydrogens (primary N) is 1. The van der Waals surface area contributed by atoms with E-state index in [1.54, 1.807) is 4.90 Å².